The lowest BCUT2D eigenvalue weighted by atomic mass is 10.4. The van der Waals surface area contributed by atoms with Crippen molar-refractivity contribution in [2.24, 2.45) is 0 Å². The van der Waals surface area contributed by atoms with Gasteiger partial charge in [0.25, 0.3) is 0 Å². The number of ether oxygens (including phenoxy) is 1. The van der Waals surface area contributed by atoms with E-state index in [0.717, 1.165) is 0 Å². The van der Waals surface area contributed by atoms with Gasteiger partial charge in [-0.2, -0.15) is 0 Å². The zero-order chi connectivity index (χ0) is 13.0. The molecule has 0 radical (unpaired) electrons. The molecule has 2 aromatic rings. The van der Waals surface area contributed by atoms with Crippen molar-refractivity contribution in [1.82, 2.24) is 19.6 Å². The molecule has 0 N–H and O–H groups in total. The molecule has 0 aliphatic heterocycles. The van der Waals surface area contributed by atoms with Gasteiger partial charge < -0.3 is 9.64 Å². The van der Waals surface area contributed by atoms with Gasteiger partial charge in [-0.25, -0.2) is 4.98 Å². The monoisotopic (exact) mass is 249 g/mol. The average Bonchev–Trinajstić information content (AvgIpc) is 2.84. The highest BCUT2D eigenvalue weighted by atomic mass is 16.5. The summed E-state index contributed by atoms with van der Waals surface area (Å²) in [6.07, 6.45) is 5.38. The highest BCUT2D eigenvalue weighted by Crippen LogP contribution is 2.14. The van der Waals surface area contributed by atoms with Crippen LogP contribution in [0.1, 0.15) is 13.3 Å². The lowest BCUT2D eigenvalue weighted by molar-refractivity contribution is -0.142. The van der Waals surface area contributed by atoms with E-state index >= 15 is 0 Å². The van der Waals surface area contributed by atoms with Crippen LogP contribution in [0.2, 0.25) is 0 Å². The van der Waals surface area contributed by atoms with Gasteiger partial charge in [-0.05, 0) is 6.92 Å². The first-order valence-corrected chi connectivity index (χ1v) is 5.73. The maximum absolute atomic E-state index is 11.3. The summed E-state index contributed by atoms with van der Waals surface area (Å²) in [7, 11) is 1.86. The second-order valence-electron chi connectivity index (χ2n) is 3.79. The van der Waals surface area contributed by atoms with E-state index in [4.69, 9.17) is 4.74 Å². The molecule has 0 amide bonds. The second-order valence-corrected chi connectivity index (χ2v) is 3.79. The molecule has 0 saturated carbocycles. The minimum atomic E-state index is -0.210. The Kier molecular flexibility index (Phi) is 3.71. The molecule has 0 bridgehead atoms. The molecule has 0 atom stereocenters. The zero-order valence-electron chi connectivity index (χ0n) is 10.4. The molecule has 7 nitrogen and oxygen atoms in total. The lowest BCUT2D eigenvalue weighted by Gasteiger charge is -2.17. The Morgan fingerprint density at radius 2 is 2.39 bits per heavy atom. The van der Waals surface area contributed by atoms with E-state index in [2.05, 4.69) is 15.2 Å². The zero-order valence-corrected chi connectivity index (χ0v) is 10.4. The molecular weight excluding hydrogens is 234 g/mol. The fourth-order valence-corrected chi connectivity index (χ4v) is 1.61. The first kappa shape index (κ1) is 12.3. The fourth-order valence-electron chi connectivity index (χ4n) is 1.61. The third kappa shape index (κ3) is 2.55. The Bertz CT molecular complexity index is 539. The van der Waals surface area contributed by atoms with Gasteiger partial charge in [-0.1, -0.05) is 0 Å². The van der Waals surface area contributed by atoms with Crippen LogP contribution in [0.15, 0.2) is 18.7 Å². The minimum Gasteiger partial charge on any atom is -0.466 e. The summed E-state index contributed by atoms with van der Waals surface area (Å²) < 4.78 is 6.66. The molecule has 7 heteroatoms. The summed E-state index contributed by atoms with van der Waals surface area (Å²) in [4.78, 5) is 17.4. The van der Waals surface area contributed by atoms with Crippen molar-refractivity contribution in [3.05, 3.63) is 18.7 Å². The molecule has 2 aromatic heterocycles. The van der Waals surface area contributed by atoms with Crippen molar-refractivity contribution >= 4 is 17.4 Å². The normalized spacial score (nSPS) is 10.6. The van der Waals surface area contributed by atoms with Gasteiger partial charge in [0.05, 0.1) is 13.0 Å². The van der Waals surface area contributed by atoms with Crippen LogP contribution < -0.4 is 4.90 Å². The number of aromatic nitrogens is 4. The smallest absolute Gasteiger partial charge is 0.307 e. The van der Waals surface area contributed by atoms with Crippen molar-refractivity contribution in [2.45, 2.75) is 13.3 Å². The number of esters is 1. The molecule has 0 spiro atoms. The van der Waals surface area contributed by atoms with Crippen molar-refractivity contribution in [1.29, 1.82) is 0 Å². The number of fused-ring (bicyclic) bond motifs is 1. The van der Waals surface area contributed by atoms with Crippen molar-refractivity contribution in [2.75, 3.05) is 25.1 Å². The number of carbonyl (C=O) groups is 1. The fraction of sp³-hybridized carbons (Fsp3) is 0.455. The minimum absolute atomic E-state index is 0.210. The third-order valence-electron chi connectivity index (χ3n) is 2.52. The molecule has 2 heterocycles. The number of hydrogen-bond donors (Lipinski definition) is 0. The van der Waals surface area contributed by atoms with Gasteiger partial charge in [0.1, 0.15) is 6.33 Å². The predicted octanol–water partition coefficient (Wildman–Crippen LogP) is 0.514. The predicted molar refractivity (Wildman–Crippen MR) is 65.3 cm³/mol. The van der Waals surface area contributed by atoms with Gasteiger partial charge in [0, 0.05) is 26.0 Å². The van der Waals surface area contributed by atoms with E-state index in [9.17, 15) is 4.79 Å². The molecule has 0 saturated heterocycles. The molecule has 0 aliphatic carbocycles. The standard InChI is InChI=1S/C11H15N5O2/c1-3-18-9(17)4-6-15(2)10-11-14-13-8-16(11)7-5-12-10/h5,7-8H,3-4,6H2,1-2H3. The van der Waals surface area contributed by atoms with Crippen LogP contribution in [0.5, 0.6) is 0 Å². The molecule has 0 aromatic carbocycles. The molecule has 0 unspecified atom stereocenters. The summed E-state index contributed by atoms with van der Waals surface area (Å²) in [6, 6.07) is 0. The van der Waals surface area contributed by atoms with E-state index in [1.165, 1.54) is 0 Å². The Morgan fingerprint density at radius 1 is 1.56 bits per heavy atom. The average molecular weight is 249 g/mol. The van der Waals surface area contributed by atoms with Crippen LogP contribution in [0.3, 0.4) is 0 Å². The molecule has 0 fully saturated rings. The van der Waals surface area contributed by atoms with Crippen molar-refractivity contribution < 1.29 is 9.53 Å². The Hall–Kier alpha value is -2.18. The first-order valence-electron chi connectivity index (χ1n) is 5.73. The quantitative estimate of drug-likeness (QED) is 0.719. The molecular formula is C11H15N5O2. The van der Waals surface area contributed by atoms with Crippen LogP contribution in [0, 0.1) is 0 Å². The Morgan fingerprint density at radius 3 is 3.17 bits per heavy atom. The Balaban J connectivity index is 2.06. The van der Waals surface area contributed by atoms with E-state index in [1.807, 2.05) is 11.9 Å². The van der Waals surface area contributed by atoms with E-state index in [-0.39, 0.29) is 5.97 Å². The van der Waals surface area contributed by atoms with Crippen molar-refractivity contribution in [3.63, 3.8) is 0 Å². The number of hydrogen-bond acceptors (Lipinski definition) is 6. The summed E-state index contributed by atoms with van der Waals surface area (Å²) in [5, 5.41) is 7.82. The molecule has 2 rings (SSSR count). The van der Waals surface area contributed by atoms with Crippen LogP contribution in [-0.4, -0.2) is 45.8 Å². The number of carbonyl (C=O) groups excluding carboxylic acids is 1. The lowest BCUT2D eigenvalue weighted by Crippen LogP contribution is -2.23. The first-order chi connectivity index (χ1) is 8.72. The Labute approximate surface area is 104 Å². The van der Waals surface area contributed by atoms with Crippen molar-refractivity contribution in [3.8, 4) is 0 Å². The highest BCUT2D eigenvalue weighted by molar-refractivity contribution is 5.71. The van der Waals surface area contributed by atoms with E-state index < -0.39 is 0 Å². The number of rotatable bonds is 5. The summed E-state index contributed by atoms with van der Waals surface area (Å²) >= 11 is 0. The number of anilines is 1. The molecule has 0 aliphatic rings. The number of nitrogens with zero attached hydrogens (tertiary/aromatic N) is 5. The third-order valence-corrected chi connectivity index (χ3v) is 2.52. The van der Waals surface area contributed by atoms with Gasteiger partial charge >= 0.3 is 5.97 Å². The van der Waals surface area contributed by atoms with Gasteiger partial charge in [0.2, 0.25) is 5.65 Å². The largest absolute Gasteiger partial charge is 0.466 e. The highest BCUT2D eigenvalue weighted by Gasteiger charge is 2.11. The van der Waals surface area contributed by atoms with E-state index in [0.29, 0.717) is 31.0 Å². The maximum atomic E-state index is 11.3. The molecule has 18 heavy (non-hydrogen) atoms. The van der Waals surface area contributed by atoms with Gasteiger partial charge in [0.15, 0.2) is 5.82 Å². The maximum Gasteiger partial charge on any atom is 0.307 e. The van der Waals surface area contributed by atoms with Gasteiger partial charge in [-0.3, -0.25) is 9.20 Å². The second kappa shape index (κ2) is 5.44. The van der Waals surface area contributed by atoms with Crippen LogP contribution in [-0.2, 0) is 9.53 Å². The SMILES string of the molecule is CCOC(=O)CCN(C)c1nccn2cnnc12. The molecule has 96 valence electrons. The van der Waals surface area contributed by atoms with Crippen LogP contribution in [0.25, 0.3) is 5.65 Å². The van der Waals surface area contributed by atoms with Crippen LogP contribution >= 0.6 is 0 Å². The summed E-state index contributed by atoms with van der Waals surface area (Å²) in [6.45, 7) is 2.72. The summed E-state index contributed by atoms with van der Waals surface area (Å²) in [5.41, 5.74) is 0.670. The topological polar surface area (TPSA) is 72.6 Å². The van der Waals surface area contributed by atoms with Crippen LogP contribution in [0.4, 0.5) is 5.82 Å². The van der Waals surface area contributed by atoms with E-state index in [1.54, 1.807) is 30.0 Å². The summed E-state index contributed by atoms with van der Waals surface area (Å²) in [5.74, 6) is 0.483. The van der Waals surface area contributed by atoms with Gasteiger partial charge in [-0.15, -0.1) is 10.2 Å².